The predicted molar refractivity (Wildman–Crippen MR) is 143 cm³/mol. The number of carbonyl (C=O) groups is 1. The van der Waals surface area contributed by atoms with Crippen molar-refractivity contribution in [3.63, 3.8) is 0 Å². The maximum Gasteiger partial charge on any atom is 0.337 e. The summed E-state index contributed by atoms with van der Waals surface area (Å²) >= 11 is 0. The smallest absolute Gasteiger partial charge is 0.337 e. The number of aromatic carboxylic acids is 1. The molecule has 184 valence electrons. The lowest BCUT2D eigenvalue weighted by atomic mass is 9.91. The molecule has 1 unspecified atom stereocenters. The van der Waals surface area contributed by atoms with E-state index in [4.69, 9.17) is 4.42 Å². The van der Waals surface area contributed by atoms with Gasteiger partial charge in [-0.15, -0.1) is 0 Å². The fraction of sp³-hybridized carbons (Fsp3) is 0.241. The molecule has 1 aliphatic heterocycles. The molecule has 1 aliphatic rings. The second-order valence-electron chi connectivity index (χ2n) is 9.80. The van der Waals surface area contributed by atoms with Gasteiger partial charge < -0.3 is 25.1 Å². The highest BCUT2D eigenvalue weighted by Gasteiger charge is 2.40. The molecule has 2 heterocycles. The Morgan fingerprint density at radius 1 is 1.06 bits per heavy atom. The number of nitrogens with one attached hydrogen (secondary N) is 2. The third-order valence-corrected chi connectivity index (χ3v) is 6.60. The van der Waals surface area contributed by atoms with Gasteiger partial charge in [0.25, 0.3) is 0 Å². The molecule has 1 atom stereocenters. The van der Waals surface area contributed by atoms with Gasteiger partial charge in [0.15, 0.2) is 11.3 Å². The maximum atomic E-state index is 13.1. The molecule has 1 fully saturated rings. The summed E-state index contributed by atoms with van der Waals surface area (Å²) in [6, 6.07) is 21.9. The molecule has 3 N–H and O–H groups in total. The normalized spacial score (nSPS) is 15.2. The highest BCUT2D eigenvalue weighted by molar-refractivity contribution is 5.94. The molecule has 4 aromatic rings. The van der Waals surface area contributed by atoms with Gasteiger partial charge in [0.2, 0.25) is 0 Å². The lowest BCUT2D eigenvalue weighted by molar-refractivity contribution is 0.0698. The van der Waals surface area contributed by atoms with Gasteiger partial charge in [0.1, 0.15) is 5.58 Å². The molecular weight excluding hydrogens is 454 g/mol. The number of aryl methyl sites for hydroxylation is 1. The average molecular weight is 484 g/mol. The average Bonchev–Trinajstić information content (AvgIpc) is 2.83. The summed E-state index contributed by atoms with van der Waals surface area (Å²) in [5.41, 5.74) is 3.76. The lowest BCUT2D eigenvalue weighted by Gasteiger charge is -2.49. The van der Waals surface area contributed by atoms with Crippen LogP contribution < -0.4 is 21.0 Å². The summed E-state index contributed by atoms with van der Waals surface area (Å²) in [5.74, 6) is -0.471. The molecular formula is C29H29N3O4. The number of benzene rings is 3. The summed E-state index contributed by atoms with van der Waals surface area (Å²) in [6.07, 6.45) is 0. The zero-order chi connectivity index (χ0) is 25.4. The number of carboxylic acids is 1. The summed E-state index contributed by atoms with van der Waals surface area (Å²) in [6.45, 7) is 7.40. The molecule has 1 saturated heterocycles. The van der Waals surface area contributed by atoms with Gasteiger partial charge in [-0.3, -0.25) is 4.79 Å². The Morgan fingerprint density at radius 2 is 1.75 bits per heavy atom. The van der Waals surface area contributed by atoms with Crippen molar-refractivity contribution in [2.45, 2.75) is 32.4 Å². The van der Waals surface area contributed by atoms with Crippen LogP contribution in [0.3, 0.4) is 0 Å². The molecule has 7 heteroatoms. The minimum Gasteiger partial charge on any atom is -0.478 e. The van der Waals surface area contributed by atoms with Crippen LogP contribution in [0, 0.1) is 6.92 Å². The summed E-state index contributed by atoms with van der Waals surface area (Å²) in [7, 11) is 0. The van der Waals surface area contributed by atoms with Gasteiger partial charge in [0, 0.05) is 36.1 Å². The molecule has 7 nitrogen and oxygen atoms in total. The van der Waals surface area contributed by atoms with E-state index in [-0.39, 0.29) is 22.6 Å². The highest BCUT2D eigenvalue weighted by atomic mass is 16.4. The van der Waals surface area contributed by atoms with Gasteiger partial charge >= 0.3 is 5.97 Å². The maximum absolute atomic E-state index is 13.1. The third-order valence-electron chi connectivity index (χ3n) is 6.60. The van der Waals surface area contributed by atoms with Crippen LogP contribution in [0.2, 0.25) is 0 Å². The zero-order valence-electron chi connectivity index (χ0n) is 20.5. The van der Waals surface area contributed by atoms with E-state index >= 15 is 0 Å². The van der Waals surface area contributed by atoms with Gasteiger partial charge in [0.05, 0.1) is 22.5 Å². The Hall–Kier alpha value is -4.26. The number of nitrogens with zero attached hydrogens (tertiary/aromatic N) is 1. The number of hydrogen-bond donors (Lipinski definition) is 3. The van der Waals surface area contributed by atoms with Crippen LogP contribution in [0.15, 0.2) is 82.0 Å². The zero-order valence-corrected chi connectivity index (χ0v) is 20.5. The number of carboxylic acid groups (broad SMARTS) is 1. The van der Waals surface area contributed by atoms with Crippen molar-refractivity contribution in [1.82, 2.24) is 0 Å². The summed E-state index contributed by atoms with van der Waals surface area (Å²) in [4.78, 5) is 26.8. The van der Waals surface area contributed by atoms with Gasteiger partial charge in [-0.05, 0) is 56.7 Å². The van der Waals surface area contributed by atoms with Crippen LogP contribution >= 0.6 is 0 Å². The van der Waals surface area contributed by atoms with Crippen molar-refractivity contribution in [1.29, 1.82) is 0 Å². The van der Waals surface area contributed by atoms with E-state index < -0.39 is 5.97 Å². The minimum atomic E-state index is -1.00. The standard InChI is InChI=1S/C29H29N3O4/c1-18-13-22(19(2)30-24-12-8-7-11-21(24)28(34)35)27-23(14-18)25(33)15-26(36-27)32-16-29(3,17-32)31-20-9-5-4-6-10-20/h4-15,19,30-31H,16-17H2,1-3H3,(H,34,35). The Labute approximate surface area is 209 Å². The Balaban J connectivity index is 1.45. The topological polar surface area (TPSA) is 94.8 Å². The van der Waals surface area contributed by atoms with E-state index in [1.807, 2.05) is 56.3 Å². The van der Waals surface area contributed by atoms with Crippen molar-refractivity contribution < 1.29 is 14.3 Å². The predicted octanol–water partition coefficient (Wildman–Crippen LogP) is 5.66. The first kappa shape index (κ1) is 23.5. The quantitative estimate of drug-likeness (QED) is 0.312. The summed E-state index contributed by atoms with van der Waals surface area (Å²) in [5, 5.41) is 16.9. The fourth-order valence-corrected chi connectivity index (χ4v) is 4.91. The van der Waals surface area contributed by atoms with E-state index in [1.54, 1.807) is 30.3 Å². The molecule has 0 saturated carbocycles. The first-order valence-electron chi connectivity index (χ1n) is 12.0. The van der Waals surface area contributed by atoms with Crippen LogP contribution in [-0.2, 0) is 0 Å². The molecule has 0 bridgehead atoms. The second-order valence-corrected chi connectivity index (χ2v) is 9.80. The van der Waals surface area contributed by atoms with Gasteiger partial charge in [-0.1, -0.05) is 36.4 Å². The number of anilines is 3. The largest absolute Gasteiger partial charge is 0.478 e. The van der Waals surface area contributed by atoms with Crippen LogP contribution in [0.4, 0.5) is 17.3 Å². The first-order valence-corrected chi connectivity index (χ1v) is 12.0. The molecule has 0 amide bonds. The Morgan fingerprint density at radius 3 is 2.47 bits per heavy atom. The van der Waals surface area contributed by atoms with E-state index in [1.165, 1.54) is 0 Å². The molecule has 36 heavy (non-hydrogen) atoms. The third kappa shape index (κ3) is 4.52. The van der Waals surface area contributed by atoms with E-state index in [9.17, 15) is 14.7 Å². The lowest BCUT2D eigenvalue weighted by Crippen LogP contribution is -2.64. The second kappa shape index (κ2) is 9.07. The molecule has 0 spiro atoms. The van der Waals surface area contributed by atoms with E-state index in [0.717, 1.165) is 16.8 Å². The van der Waals surface area contributed by atoms with Crippen molar-refractivity contribution in [3.05, 3.63) is 99.7 Å². The van der Waals surface area contributed by atoms with Crippen molar-refractivity contribution in [2.75, 3.05) is 28.6 Å². The monoisotopic (exact) mass is 483 g/mol. The van der Waals surface area contributed by atoms with Crippen LogP contribution in [0.25, 0.3) is 11.0 Å². The summed E-state index contributed by atoms with van der Waals surface area (Å²) < 4.78 is 6.35. The van der Waals surface area contributed by atoms with Crippen molar-refractivity contribution >= 4 is 34.2 Å². The molecule has 5 rings (SSSR count). The minimum absolute atomic E-state index is 0.0982. The van der Waals surface area contributed by atoms with E-state index in [2.05, 4.69) is 22.5 Å². The Bertz CT molecular complexity index is 1490. The highest BCUT2D eigenvalue weighted by Crippen LogP contribution is 2.34. The van der Waals surface area contributed by atoms with Crippen molar-refractivity contribution in [2.24, 2.45) is 0 Å². The number of rotatable bonds is 7. The van der Waals surface area contributed by atoms with Crippen molar-refractivity contribution in [3.8, 4) is 0 Å². The Kier molecular flexibility index (Phi) is 5.92. The SMILES string of the molecule is Cc1cc(C(C)Nc2ccccc2C(=O)O)c2oc(N3CC(C)(Nc4ccccc4)C3)cc(=O)c2c1. The van der Waals surface area contributed by atoms with E-state index in [0.29, 0.717) is 35.6 Å². The van der Waals surface area contributed by atoms with Crippen LogP contribution in [-0.4, -0.2) is 29.7 Å². The number of hydrogen-bond acceptors (Lipinski definition) is 6. The molecule has 0 radical (unpaired) electrons. The molecule has 1 aromatic heterocycles. The van der Waals surface area contributed by atoms with Gasteiger partial charge in [-0.25, -0.2) is 4.79 Å². The van der Waals surface area contributed by atoms with Gasteiger partial charge in [-0.2, -0.15) is 0 Å². The molecule has 0 aliphatic carbocycles. The fourth-order valence-electron chi connectivity index (χ4n) is 4.91. The number of fused-ring (bicyclic) bond motifs is 1. The first-order chi connectivity index (χ1) is 17.2. The van der Waals surface area contributed by atoms with Crippen LogP contribution in [0.5, 0.6) is 0 Å². The molecule has 3 aromatic carbocycles. The number of para-hydroxylation sites is 2. The van der Waals surface area contributed by atoms with Crippen LogP contribution in [0.1, 0.15) is 41.4 Å².